The van der Waals surface area contributed by atoms with E-state index in [1.165, 1.54) is 11.4 Å². The predicted octanol–water partition coefficient (Wildman–Crippen LogP) is 1.71. The number of fused-ring (bicyclic) bond motifs is 1. The summed E-state index contributed by atoms with van der Waals surface area (Å²) in [4.78, 5) is 37.0. The van der Waals surface area contributed by atoms with Gasteiger partial charge in [-0.25, -0.2) is 9.59 Å². The number of hydrogen-bond donors (Lipinski definition) is 3. The van der Waals surface area contributed by atoms with E-state index in [9.17, 15) is 27.6 Å². The zero-order valence-corrected chi connectivity index (χ0v) is 12.1. The lowest BCUT2D eigenvalue weighted by atomic mass is 10.2. The zero-order chi connectivity index (χ0) is 17.7. The Kier molecular flexibility index (Phi) is 5.07. The fraction of sp³-hybridized carbons (Fsp3) is 0.214. The highest BCUT2D eigenvalue weighted by Crippen LogP contribution is 2.15. The number of benzene rings is 1. The van der Waals surface area contributed by atoms with Crippen LogP contribution in [-0.4, -0.2) is 42.2 Å². The quantitative estimate of drug-likeness (QED) is 0.736. The number of halogens is 3. The molecule has 10 heteroatoms. The average Bonchev–Trinajstić information content (AvgIpc) is 2.94. The maximum Gasteiger partial charge on any atom is 0.405 e. The molecule has 2 aromatic rings. The number of urea groups is 1. The van der Waals surface area contributed by atoms with Crippen molar-refractivity contribution in [2.45, 2.75) is 6.18 Å². The number of aromatic amines is 1. The Hall–Kier alpha value is -3.04. The second-order valence-electron chi connectivity index (χ2n) is 4.69. The summed E-state index contributed by atoms with van der Waals surface area (Å²) < 4.78 is 40.3. The average molecular weight is 343 g/mol. The molecule has 0 aliphatic rings. The number of amides is 3. The maximum absolute atomic E-state index is 11.9. The van der Waals surface area contributed by atoms with E-state index in [2.05, 4.69) is 9.72 Å². The van der Waals surface area contributed by atoms with Gasteiger partial charge in [0.1, 0.15) is 12.2 Å². The Morgan fingerprint density at radius 3 is 2.54 bits per heavy atom. The monoisotopic (exact) mass is 343 g/mol. The van der Waals surface area contributed by atoms with Crippen molar-refractivity contribution >= 4 is 28.8 Å². The first-order chi connectivity index (χ1) is 11.2. The molecule has 0 saturated heterocycles. The van der Waals surface area contributed by atoms with Crippen LogP contribution >= 0.6 is 0 Å². The number of hydrogen-bond acceptors (Lipinski definition) is 4. The van der Waals surface area contributed by atoms with Crippen molar-refractivity contribution in [3.8, 4) is 0 Å². The second-order valence-corrected chi connectivity index (χ2v) is 4.69. The molecule has 0 saturated carbocycles. The van der Waals surface area contributed by atoms with Gasteiger partial charge >= 0.3 is 18.2 Å². The summed E-state index contributed by atoms with van der Waals surface area (Å²) in [6.07, 6.45) is -4.59. The fourth-order valence-corrected chi connectivity index (χ4v) is 1.78. The van der Waals surface area contributed by atoms with Crippen LogP contribution in [0.1, 0.15) is 10.5 Å². The molecule has 0 radical (unpaired) electrons. The van der Waals surface area contributed by atoms with Crippen LogP contribution in [0.4, 0.5) is 18.0 Å². The van der Waals surface area contributed by atoms with Crippen molar-refractivity contribution in [2.75, 3.05) is 13.2 Å². The Morgan fingerprint density at radius 2 is 1.88 bits per heavy atom. The third kappa shape index (κ3) is 5.00. The van der Waals surface area contributed by atoms with E-state index in [-0.39, 0.29) is 5.69 Å². The minimum Gasteiger partial charge on any atom is -0.451 e. The topological polar surface area (TPSA) is 100 Å². The van der Waals surface area contributed by atoms with Gasteiger partial charge in [-0.3, -0.25) is 10.1 Å². The second kappa shape index (κ2) is 7.02. The van der Waals surface area contributed by atoms with Gasteiger partial charge in [-0.2, -0.15) is 13.2 Å². The molecule has 0 unspecified atom stereocenters. The van der Waals surface area contributed by atoms with E-state index in [1.807, 2.05) is 0 Å². The van der Waals surface area contributed by atoms with E-state index in [4.69, 9.17) is 0 Å². The molecule has 1 aromatic heterocycles. The van der Waals surface area contributed by atoms with Gasteiger partial charge in [0.25, 0.3) is 5.91 Å². The van der Waals surface area contributed by atoms with Crippen molar-refractivity contribution in [1.82, 2.24) is 15.6 Å². The number of H-pyrrole nitrogens is 1. The van der Waals surface area contributed by atoms with Gasteiger partial charge in [0.15, 0.2) is 6.61 Å². The van der Waals surface area contributed by atoms with Gasteiger partial charge in [-0.15, -0.1) is 0 Å². The van der Waals surface area contributed by atoms with E-state index in [1.54, 1.807) is 29.6 Å². The molecule has 0 atom stereocenters. The molecule has 0 bridgehead atoms. The lowest BCUT2D eigenvalue weighted by Gasteiger charge is -2.09. The van der Waals surface area contributed by atoms with Crippen molar-refractivity contribution in [3.05, 3.63) is 36.0 Å². The maximum atomic E-state index is 11.9. The van der Waals surface area contributed by atoms with Gasteiger partial charge in [0, 0.05) is 10.9 Å². The molecule has 1 aromatic carbocycles. The van der Waals surface area contributed by atoms with Crippen LogP contribution in [0.3, 0.4) is 0 Å². The summed E-state index contributed by atoms with van der Waals surface area (Å²) in [5.74, 6) is -1.89. The van der Waals surface area contributed by atoms with Gasteiger partial charge < -0.3 is 15.0 Å². The van der Waals surface area contributed by atoms with Gasteiger partial charge in [0.05, 0.1) is 0 Å². The summed E-state index contributed by atoms with van der Waals surface area (Å²) in [6.45, 7) is -2.39. The summed E-state index contributed by atoms with van der Waals surface area (Å²) in [7, 11) is 0. The molecule has 3 amide bonds. The van der Waals surface area contributed by atoms with Crippen molar-refractivity contribution < 1.29 is 32.3 Å². The molecule has 0 aliphatic heterocycles. The standard InChI is InChI=1S/C14H12F3N3O4/c15-14(16,17)7-18-13(23)20-11(21)6-24-12(22)10-5-8-3-1-2-4-9(8)19-10/h1-5,19H,6-7H2,(H2,18,20,21,23). The smallest absolute Gasteiger partial charge is 0.405 e. The number of para-hydroxylation sites is 1. The number of nitrogens with one attached hydrogen (secondary N) is 3. The predicted molar refractivity (Wildman–Crippen MR) is 76.2 cm³/mol. The summed E-state index contributed by atoms with van der Waals surface area (Å²) in [6, 6.07) is 7.23. The van der Waals surface area contributed by atoms with Crippen molar-refractivity contribution in [1.29, 1.82) is 0 Å². The van der Waals surface area contributed by atoms with Crippen LogP contribution < -0.4 is 10.6 Å². The van der Waals surface area contributed by atoms with Crippen LogP contribution in [0.2, 0.25) is 0 Å². The number of carbonyl (C=O) groups is 3. The van der Waals surface area contributed by atoms with Crippen LogP contribution in [0.15, 0.2) is 30.3 Å². The summed E-state index contributed by atoms with van der Waals surface area (Å²) in [5.41, 5.74) is 0.797. The first-order valence-electron chi connectivity index (χ1n) is 6.64. The zero-order valence-electron chi connectivity index (χ0n) is 12.1. The first-order valence-corrected chi connectivity index (χ1v) is 6.64. The van der Waals surface area contributed by atoms with Gasteiger partial charge in [-0.1, -0.05) is 18.2 Å². The molecule has 0 spiro atoms. The van der Waals surface area contributed by atoms with Gasteiger partial charge in [0.2, 0.25) is 0 Å². The van der Waals surface area contributed by atoms with Crippen molar-refractivity contribution in [3.63, 3.8) is 0 Å². The number of ether oxygens (including phenoxy) is 1. The summed E-state index contributed by atoms with van der Waals surface area (Å²) >= 11 is 0. The number of alkyl halides is 3. The van der Waals surface area contributed by atoms with Gasteiger partial charge in [-0.05, 0) is 12.1 Å². The SMILES string of the molecule is O=C(COC(=O)c1cc2ccccc2[nH]1)NC(=O)NCC(F)(F)F. The number of rotatable bonds is 4. The molecule has 0 fully saturated rings. The number of esters is 1. The molecule has 128 valence electrons. The van der Waals surface area contributed by atoms with Crippen molar-refractivity contribution in [2.24, 2.45) is 0 Å². The largest absolute Gasteiger partial charge is 0.451 e. The third-order valence-electron chi connectivity index (χ3n) is 2.79. The highest BCUT2D eigenvalue weighted by atomic mass is 19.4. The molecule has 3 N–H and O–H groups in total. The van der Waals surface area contributed by atoms with Crippen LogP contribution in [0, 0.1) is 0 Å². The van der Waals surface area contributed by atoms with Crippen LogP contribution in [0.25, 0.3) is 10.9 Å². The number of imide groups is 1. The lowest BCUT2D eigenvalue weighted by molar-refractivity contribution is -0.125. The molecular formula is C14H12F3N3O4. The minimum atomic E-state index is -4.59. The fourth-order valence-electron chi connectivity index (χ4n) is 1.78. The Morgan fingerprint density at radius 1 is 1.17 bits per heavy atom. The van der Waals surface area contributed by atoms with E-state index >= 15 is 0 Å². The molecule has 7 nitrogen and oxygen atoms in total. The third-order valence-corrected chi connectivity index (χ3v) is 2.79. The highest BCUT2D eigenvalue weighted by molar-refractivity contribution is 5.98. The lowest BCUT2D eigenvalue weighted by Crippen LogP contribution is -2.44. The summed E-state index contributed by atoms with van der Waals surface area (Å²) in [5, 5.41) is 3.82. The highest BCUT2D eigenvalue weighted by Gasteiger charge is 2.28. The van der Waals surface area contributed by atoms with E-state index < -0.39 is 37.2 Å². The Labute approximate surface area is 133 Å². The number of carbonyl (C=O) groups excluding carboxylic acids is 3. The molecule has 1 heterocycles. The Bertz CT molecular complexity index is 737. The van der Waals surface area contributed by atoms with E-state index in [0.717, 1.165) is 5.39 Å². The molecule has 0 aliphatic carbocycles. The van der Waals surface area contributed by atoms with Crippen LogP contribution in [0.5, 0.6) is 0 Å². The Balaban J connectivity index is 1.80. The minimum absolute atomic E-state index is 0.102. The first kappa shape index (κ1) is 17.3. The van der Waals surface area contributed by atoms with E-state index in [0.29, 0.717) is 5.52 Å². The normalized spacial score (nSPS) is 11.1. The number of aromatic nitrogens is 1. The van der Waals surface area contributed by atoms with Crippen LogP contribution in [-0.2, 0) is 9.53 Å². The molecule has 24 heavy (non-hydrogen) atoms. The molecular weight excluding hydrogens is 331 g/mol. The molecule has 2 rings (SSSR count).